The lowest BCUT2D eigenvalue weighted by Gasteiger charge is -2.20. The summed E-state index contributed by atoms with van der Waals surface area (Å²) < 4.78 is 19.1. The van der Waals surface area contributed by atoms with Crippen LogP contribution >= 0.6 is 12.4 Å². The summed E-state index contributed by atoms with van der Waals surface area (Å²) >= 11 is 0. The summed E-state index contributed by atoms with van der Waals surface area (Å²) in [7, 11) is 4.03. The Hall–Kier alpha value is -1.42. The average molecular weight is 326 g/mol. The summed E-state index contributed by atoms with van der Waals surface area (Å²) in [4.78, 5) is 2.08. The number of hydrogen-bond acceptors (Lipinski definition) is 2. The Bertz CT molecular complexity index is 516. The lowest BCUT2D eigenvalue weighted by Crippen LogP contribution is -2.20. The molecule has 0 saturated heterocycles. The maximum Gasteiger partial charge on any atom is 0.123 e. The molecule has 0 aliphatic rings. The first-order valence-corrected chi connectivity index (χ1v) is 6.73. The molecule has 4 heteroatoms. The van der Waals surface area contributed by atoms with E-state index in [1.165, 1.54) is 12.1 Å². The summed E-state index contributed by atoms with van der Waals surface area (Å²) in [5.41, 5.74) is 2.05. The molecule has 122 valence electrons. The van der Waals surface area contributed by atoms with E-state index in [4.69, 9.17) is 4.74 Å². The second-order valence-corrected chi connectivity index (χ2v) is 5.02. The van der Waals surface area contributed by atoms with Gasteiger partial charge in [-0.05, 0) is 37.4 Å². The zero-order valence-corrected chi connectivity index (χ0v) is 13.1. The SMILES string of the molecule is C.CN(C)CCOC(c1ccccc1)c1ccc(F)cc1.Cl. The Labute approximate surface area is 139 Å². The smallest absolute Gasteiger partial charge is 0.123 e. The minimum absolute atomic E-state index is 0. The van der Waals surface area contributed by atoms with Gasteiger partial charge in [-0.15, -0.1) is 12.4 Å². The molecule has 0 N–H and O–H groups in total. The predicted molar refractivity (Wildman–Crippen MR) is 93.2 cm³/mol. The molecule has 22 heavy (non-hydrogen) atoms. The summed E-state index contributed by atoms with van der Waals surface area (Å²) in [5, 5.41) is 0. The normalized spacial score (nSPS) is 11.5. The van der Waals surface area contributed by atoms with Gasteiger partial charge in [-0.1, -0.05) is 49.9 Å². The van der Waals surface area contributed by atoms with Crippen LogP contribution in [0.5, 0.6) is 0 Å². The molecule has 1 unspecified atom stereocenters. The Morgan fingerprint density at radius 2 is 1.50 bits per heavy atom. The molecule has 0 amide bonds. The van der Waals surface area contributed by atoms with Crippen LogP contribution in [-0.4, -0.2) is 32.1 Å². The second kappa shape index (κ2) is 10.3. The molecule has 0 aliphatic carbocycles. The fraction of sp³-hybridized carbons (Fsp3) is 0.333. The van der Waals surface area contributed by atoms with Crippen LogP contribution in [0.1, 0.15) is 24.7 Å². The minimum Gasteiger partial charge on any atom is -0.367 e. The largest absolute Gasteiger partial charge is 0.367 e. The van der Waals surface area contributed by atoms with E-state index in [0.29, 0.717) is 6.61 Å². The monoisotopic (exact) mass is 325 g/mol. The van der Waals surface area contributed by atoms with Gasteiger partial charge in [0.05, 0.1) is 6.61 Å². The topological polar surface area (TPSA) is 12.5 Å². The lowest BCUT2D eigenvalue weighted by atomic mass is 10.0. The maximum absolute atomic E-state index is 13.1. The molecule has 2 nitrogen and oxygen atoms in total. The fourth-order valence-corrected chi connectivity index (χ4v) is 2.00. The number of ether oxygens (including phenoxy) is 1. The van der Waals surface area contributed by atoms with Crippen molar-refractivity contribution in [2.75, 3.05) is 27.2 Å². The average Bonchev–Trinajstić information content (AvgIpc) is 2.46. The number of benzene rings is 2. The van der Waals surface area contributed by atoms with Gasteiger partial charge >= 0.3 is 0 Å². The number of rotatable bonds is 6. The Morgan fingerprint density at radius 3 is 2.05 bits per heavy atom. The van der Waals surface area contributed by atoms with Gasteiger partial charge in [0.25, 0.3) is 0 Å². The van der Waals surface area contributed by atoms with Gasteiger partial charge in [-0.2, -0.15) is 0 Å². The van der Waals surface area contributed by atoms with E-state index in [1.807, 2.05) is 44.4 Å². The number of likely N-dealkylation sites (N-methyl/N-ethyl adjacent to an activating group) is 1. The van der Waals surface area contributed by atoms with E-state index in [2.05, 4.69) is 4.90 Å². The number of hydrogen-bond donors (Lipinski definition) is 0. The number of halogens is 2. The van der Waals surface area contributed by atoms with Crippen molar-refractivity contribution in [2.45, 2.75) is 13.5 Å². The van der Waals surface area contributed by atoms with E-state index in [1.54, 1.807) is 12.1 Å². The highest BCUT2D eigenvalue weighted by Crippen LogP contribution is 2.25. The van der Waals surface area contributed by atoms with Gasteiger partial charge in [0.1, 0.15) is 11.9 Å². The van der Waals surface area contributed by atoms with Crippen molar-refractivity contribution in [3.8, 4) is 0 Å². The van der Waals surface area contributed by atoms with Crippen molar-refractivity contribution in [3.63, 3.8) is 0 Å². The van der Waals surface area contributed by atoms with Gasteiger partial charge in [0, 0.05) is 6.54 Å². The van der Waals surface area contributed by atoms with E-state index >= 15 is 0 Å². The third kappa shape index (κ3) is 6.14. The van der Waals surface area contributed by atoms with E-state index < -0.39 is 0 Å². The van der Waals surface area contributed by atoms with Crippen LogP contribution in [0, 0.1) is 5.82 Å². The zero-order chi connectivity index (χ0) is 14.4. The molecule has 0 aromatic heterocycles. The quantitative estimate of drug-likeness (QED) is 0.772. The summed E-state index contributed by atoms with van der Waals surface area (Å²) in [5.74, 6) is -0.228. The van der Waals surface area contributed by atoms with Crippen molar-refractivity contribution < 1.29 is 9.13 Å². The van der Waals surface area contributed by atoms with Crippen LogP contribution in [0.3, 0.4) is 0 Å². The first kappa shape index (κ1) is 20.6. The number of nitrogens with zero attached hydrogens (tertiary/aromatic N) is 1. The molecule has 0 fully saturated rings. The van der Waals surface area contributed by atoms with Crippen molar-refractivity contribution in [1.82, 2.24) is 4.90 Å². The fourth-order valence-electron chi connectivity index (χ4n) is 2.00. The molecule has 2 rings (SSSR count). The highest BCUT2D eigenvalue weighted by Gasteiger charge is 2.14. The molecule has 0 heterocycles. The molecule has 2 aromatic carbocycles. The molecule has 0 saturated carbocycles. The second-order valence-electron chi connectivity index (χ2n) is 5.02. The highest BCUT2D eigenvalue weighted by molar-refractivity contribution is 5.85. The summed E-state index contributed by atoms with van der Waals surface area (Å²) in [6.45, 7) is 1.48. The highest BCUT2D eigenvalue weighted by atomic mass is 35.5. The van der Waals surface area contributed by atoms with Crippen LogP contribution in [0.2, 0.25) is 0 Å². The molecule has 0 radical (unpaired) electrons. The first-order chi connectivity index (χ1) is 9.66. The van der Waals surface area contributed by atoms with E-state index in [0.717, 1.165) is 17.7 Å². The molecular weight excluding hydrogens is 301 g/mol. The molecule has 0 bridgehead atoms. The van der Waals surface area contributed by atoms with Gasteiger partial charge in [0.2, 0.25) is 0 Å². The van der Waals surface area contributed by atoms with Crippen LogP contribution in [0.25, 0.3) is 0 Å². The zero-order valence-electron chi connectivity index (χ0n) is 12.3. The van der Waals surface area contributed by atoms with Gasteiger partial charge in [-0.3, -0.25) is 0 Å². The third-order valence-electron chi connectivity index (χ3n) is 3.10. The van der Waals surface area contributed by atoms with E-state index in [9.17, 15) is 4.39 Å². The molecule has 0 spiro atoms. The molecule has 0 aliphatic heterocycles. The standard InChI is InChI=1S/C17H20FNO.CH4.ClH/c1-19(2)12-13-20-17(14-6-4-3-5-7-14)15-8-10-16(18)11-9-15;;/h3-11,17H,12-13H2,1-2H3;1H4;1H. The van der Waals surface area contributed by atoms with Crippen LogP contribution < -0.4 is 0 Å². The summed E-state index contributed by atoms with van der Waals surface area (Å²) in [6, 6.07) is 16.5. The van der Waals surface area contributed by atoms with Gasteiger partial charge < -0.3 is 9.64 Å². The van der Waals surface area contributed by atoms with Gasteiger partial charge in [-0.25, -0.2) is 4.39 Å². The van der Waals surface area contributed by atoms with Crippen molar-refractivity contribution in [2.24, 2.45) is 0 Å². The van der Waals surface area contributed by atoms with Crippen LogP contribution in [-0.2, 0) is 4.74 Å². The predicted octanol–water partition coefficient (Wildman–Crippen LogP) is 4.55. The van der Waals surface area contributed by atoms with Crippen molar-refractivity contribution >= 4 is 12.4 Å². The maximum atomic E-state index is 13.1. The van der Waals surface area contributed by atoms with Crippen LogP contribution in [0.15, 0.2) is 54.6 Å². The van der Waals surface area contributed by atoms with E-state index in [-0.39, 0.29) is 31.8 Å². The van der Waals surface area contributed by atoms with Crippen LogP contribution in [0.4, 0.5) is 4.39 Å². The molecule has 2 aromatic rings. The lowest BCUT2D eigenvalue weighted by molar-refractivity contribution is 0.0687. The molecular formula is C18H25ClFNO. The third-order valence-corrected chi connectivity index (χ3v) is 3.10. The minimum atomic E-state index is -0.228. The Kier molecular flexibility index (Phi) is 9.66. The van der Waals surface area contributed by atoms with Crippen molar-refractivity contribution in [1.29, 1.82) is 0 Å². The van der Waals surface area contributed by atoms with Gasteiger partial charge in [0.15, 0.2) is 0 Å². The Morgan fingerprint density at radius 1 is 0.955 bits per heavy atom. The van der Waals surface area contributed by atoms with Crippen molar-refractivity contribution in [3.05, 3.63) is 71.5 Å². The first-order valence-electron chi connectivity index (χ1n) is 6.73. The molecule has 1 atom stereocenters. The summed E-state index contributed by atoms with van der Waals surface area (Å²) in [6.07, 6.45) is -0.156. The Balaban J connectivity index is 0.00000220.